The molecule has 4 saturated carbocycles. The van der Waals surface area contributed by atoms with E-state index in [1.54, 1.807) is 12.5 Å². The van der Waals surface area contributed by atoms with Crippen LogP contribution in [0.25, 0.3) is 0 Å². The van der Waals surface area contributed by atoms with E-state index in [2.05, 4.69) is 54.5 Å². The van der Waals surface area contributed by atoms with Gasteiger partial charge in [-0.15, -0.1) is 0 Å². The highest BCUT2D eigenvalue weighted by Crippen LogP contribution is 2.74. The van der Waals surface area contributed by atoms with E-state index >= 15 is 0 Å². The Bertz CT molecular complexity index is 927. The molecule has 0 aromatic rings. The zero-order valence-corrected chi connectivity index (χ0v) is 23.1. The Morgan fingerprint density at radius 2 is 1.62 bits per heavy atom. The smallest absolute Gasteiger partial charge is 0.302 e. The summed E-state index contributed by atoms with van der Waals surface area (Å²) in [6.07, 6.45) is 12.4. The molecule has 0 aromatic carbocycles. The molecule has 3 heteroatoms. The van der Waals surface area contributed by atoms with Crippen LogP contribution in [-0.4, -0.2) is 17.9 Å². The fourth-order valence-electron chi connectivity index (χ4n) is 10.6. The van der Waals surface area contributed by atoms with Crippen LogP contribution in [0.1, 0.15) is 113 Å². The van der Waals surface area contributed by atoms with Crippen LogP contribution in [0.15, 0.2) is 11.6 Å². The monoisotopic (exact) mass is 468 g/mol. The van der Waals surface area contributed by atoms with Crippen molar-refractivity contribution in [2.24, 2.45) is 50.7 Å². The molecule has 0 N–H and O–H groups in total. The van der Waals surface area contributed by atoms with Gasteiger partial charge in [0, 0.05) is 30.1 Å². The van der Waals surface area contributed by atoms with Crippen LogP contribution in [0.2, 0.25) is 0 Å². The van der Waals surface area contributed by atoms with Gasteiger partial charge in [-0.2, -0.15) is 0 Å². The van der Waals surface area contributed by atoms with Crippen molar-refractivity contribution in [3.63, 3.8) is 0 Å². The number of ketones is 1. The predicted octanol–water partition coefficient (Wildman–Crippen LogP) is 7.53. The highest BCUT2D eigenvalue weighted by molar-refractivity contribution is 5.85. The van der Waals surface area contributed by atoms with E-state index in [-0.39, 0.29) is 39.7 Å². The number of Topliss-reactive ketones (excluding diaryl/α,β-unsaturated/α-hetero) is 1. The first-order chi connectivity index (χ1) is 15.7. The molecule has 0 saturated heterocycles. The summed E-state index contributed by atoms with van der Waals surface area (Å²) < 4.78 is 5.86. The van der Waals surface area contributed by atoms with Crippen molar-refractivity contribution in [1.29, 1.82) is 0 Å². The fourth-order valence-corrected chi connectivity index (χ4v) is 10.6. The summed E-state index contributed by atoms with van der Waals surface area (Å²) >= 11 is 0. The number of ether oxygens (including phenoxy) is 1. The average molecular weight is 469 g/mol. The lowest BCUT2D eigenvalue weighted by molar-refractivity contribution is -0.209. The third-order valence-corrected chi connectivity index (χ3v) is 12.5. The molecule has 0 spiro atoms. The SMILES string of the molecule is CC(=O)O[C@H]1CC[C@]2(C)[C@H]3CC=C4[C@@H]5CC(C)(C)CC[C@H]5C(=O)C[C@@]4(C)[C@]3(C)CC[C@H]2C1(C)C. The summed E-state index contributed by atoms with van der Waals surface area (Å²) in [4.78, 5) is 25.5. The number of esters is 1. The summed E-state index contributed by atoms with van der Waals surface area (Å²) in [6, 6.07) is 0. The molecule has 5 aliphatic rings. The molecule has 0 unspecified atom stereocenters. The van der Waals surface area contributed by atoms with Gasteiger partial charge < -0.3 is 4.74 Å². The van der Waals surface area contributed by atoms with Crippen molar-refractivity contribution >= 4 is 11.8 Å². The average Bonchev–Trinajstić information content (AvgIpc) is 2.70. The van der Waals surface area contributed by atoms with E-state index in [0.717, 1.165) is 32.1 Å². The van der Waals surface area contributed by atoms with Gasteiger partial charge in [-0.3, -0.25) is 9.59 Å². The van der Waals surface area contributed by atoms with Crippen LogP contribution < -0.4 is 0 Å². The normalized spacial score (nSPS) is 49.0. The molecule has 190 valence electrons. The first-order valence-corrected chi connectivity index (χ1v) is 14.1. The van der Waals surface area contributed by atoms with Crippen molar-refractivity contribution in [2.75, 3.05) is 0 Å². The van der Waals surface area contributed by atoms with Gasteiger partial charge >= 0.3 is 5.97 Å². The molecule has 4 fully saturated rings. The van der Waals surface area contributed by atoms with Crippen molar-refractivity contribution in [3.05, 3.63) is 11.6 Å². The van der Waals surface area contributed by atoms with Crippen molar-refractivity contribution in [2.45, 2.75) is 119 Å². The van der Waals surface area contributed by atoms with Gasteiger partial charge in [-0.05, 0) is 85.4 Å². The van der Waals surface area contributed by atoms with E-state index in [9.17, 15) is 9.59 Å². The molecule has 0 amide bonds. The van der Waals surface area contributed by atoms with Crippen LogP contribution in [0, 0.1) is 50.7 Å². The fraction of sp³-hybridized carbons (Fsp3) is 0.871. The summed E-state index contributed by atoms with van der Waals surface area (Å²) in [7, 11) is 0. The molecule has 5 aliphatic carbocycles. The number of hydrogen-bond acceptors (Lipinski definition) is 3. The van der Waals surface area contributed by atoms with E-state index in [1.807, 2.05) is 0 Å². The van der Waals surface area contributed by atoms with Gasteiger partial charge in [0.15, 0.2) is 0 Å². The molecule has 34 heavy (non-hydrogen) atoms. The predicted molar refractivity (Wildman–Crippen MR) is 136 cm³/mol. The number of carbonyl (C=O) groups excluding carboxylic acids is 2. The van der Waals surface area contributed by atoms with Crippen LogP contribution in [-0.2, 0) is 14.3 Å². The first kappa shape index (κ1) is 24.6. The zero-order valence-electron chi connectivity index (χ0n) is 23.1. The van der Waals surface area contributed by atoms with Gasteiger partial charge in [-0.1, -0.05) is 60.1 Å². The Labute approximate surface area is 207 Å². The zero-order chi connectivity index (χ0) is 24.9. The summed E-state index contributed by atoms with van der Waals surface area (Å²) in [5.74, 6) is 2.23. The molecular weight excluding hydrogens is 420 g/mol. The van der Waals surface area contributed by atoms with Gasteiger partial charge in [0.25, 0.3) is 0 Å². The lowest BCUT2D eigenvalue weighted by Crippen LogP contribution is -2.64. The van der Waals surface area contributed by atoms with Crippen LogP contribution >= 0.6 is 0 Å². The van der Waals surface area contributed by atoms with Gasteiger partial charge in [-0.25, -0.2) is 0 Å². The van der Waals surface area contributed by atoms with Gasteiger partial charge in [0.2, 0.25) is 0 Å². The molecule has 0 radical (unpaired) electrons. The Kier molecular flexibility index (Phi) is 5.38. The largest absolute Gasteiger partial charge is 0.462 e. The minimum absolute atomic E-state index is 0.0131. The summed E-state index contributed by atoms with van der Waals surface area (Å²) in [6.45, 7) is 18.6. The highest BCUT2D eigenvalue weighted by atomic mass is 16.5. The molecule has 3 nitrogen and oxygen atoms in total. The molecule has 0 aliphatic heterocycles. The van der Waals surface area contributed by atoms with Crippen molar-refractivity contribution in [3.8, 4) is 0 Å². The Morgan fingerprint density at radius 1 is 0.912 bits per heavy atom. The molecular formula is C31H48O3. The first-order valence-electron chi connectivity index (χ1n) is 14.1. The quantitative estimate of drug-likeness (QED) is 0.295. The van der Waals surface area contributed by atoms with Crippen molar-refractivity contribution in [1.82, 2.24) is 0 Å². The summed E-state index contributed by atoms with van der Waals surface area (Å²) in [5.41, 5.74) is 2.30. The number of fused-ring (bicyclic) bond motifs is 7. The third kappa shape index (κ3) is 3.20. The maximum Gasteiger partial charge on any atom is 0.302 e. The lowest BCUT2D eigenvalue weighted by atomic mass is 9.34. The number of allylic oxidation sites excluding steroid dienone is 2. The van der Waals surface area contributed by atoms with Gasteiger partial charge in [0.05, 0.1) is 0 Å². The lowest BCUT2D eigenvalue weighted by Gasteiger charge is -2.70. The second-order valence-electron chi connectivity index (χ2n) is 15.0. The highest BCUT2D eigenvalue weighted by Gasteiger charge is 2.68. The molecule has 8 atom stereocenters. The third-order valence-electron chi connectivity index (χ3n) is 12.5. The summed E-state index contributed by atoms with van der Waals surface area (Å²) in [5, 5.41) is 0. The molecule has 5 rings (SSSR count). The molecule has 0 heterocycles. The van der Waals surface area contributed by atoms with Crippen LogP contribution in [0.4, 0.5) is 0 Å². The number of rotatable bonds is 1. The van der Waals surface area contributed by atoms with E-state index in [4.69, 9.17) is 4.74 Å². The van der Waals surface area contributed by atoms with Crippen LogP contribution in [0.3, 0.4) is 0 Å². The second kappa shape index (κ2) is 7.45. The number of hydrogen-bond donors (Lipinski definition) is 0. The van der Waals surface area contributed by atoms with Crippen molar-refractivity contribution < 1.29 is 14.3 Å². The van der Waals surface area contributed by atoms with E-state index in [0.29, 0.717) is 29.0 Å². The maximum atomic E-state index is 13.7. The Hall–Kier alpha value is -1.12. The Balaban J connectivity index is 1.54. The maximum absolute atomic E-state index is 13.7. The van der Waals surface area contributed by atoms with Gasteiger partial charge in [0.1, 0.15) is 11.9 Å². The second-order valence-corrected chi connectivity index (χ2v) is 15.0. The van der Waals surface area contributed by atoms with E-state index in [1.165, 1.54) is 25.7 Å². The molecule has 0 aromatic heterocycles. The van der Waals surface area contributed by atoms with Crippen LogP contribution in [0.5, 0.6) is 0 Å². The topological polar surface area (TPSA) is 43.4 Å². The van der Waals surface area contributed by atoms with E-state index < -0.39 is 0 Å². The Morgan fingerprint density at radius 3 is 2.29 bits per heavy atom. The standard InChI is InChI=1S/C31H48O3/c1-19(32)34-26-13-15-29(6)24(28(26,4)5)12-16-30(7)25(29)10-9-22-21-17-27(2,3)14-11-20(21)23(33)18-31(22,30)8/h9,20-21,24-26H,10-18H2,1-8H3/t20-,21-,24+,25-,26+,29+,30-,31-/m1/s1. The number of carbonyl (C=O) groups is 2. The minimum Gasteiger partial charge on any atom is -0.462 e. The molecule has 0 bridgehead atoms. The minimum atomic E-state index is -0.147.